The Balaban J connectivity index is -0.000000595. The summed E-state index contributed by atoms with van der Waals surface area (Å²) in [6.45, 7) is 16.6. The number of allylic oxidation sites excluding steroid dienone is 10. The molecule has 1 aliphatic rings. The third-order valence-corrected chi connectivity index (χ3v) is 2.86. The molecule has 0 fully saturated rings. The quantitative estimate of drug-likeness (QED) is 0.389. The van der Waals surface area contributed by atoms with Crippen LogP contribution >= 0.6 is 12.6 Å². The van der Waals surface area contributed by atoms with Crippen LogP contribution in [0.4, 0.5) is 0 Å². The molecule has 0 N–H and O–H groups in total. The molecule has 0 aliphatic heterocycles. The maximum Gasteiger partial charge on any atom is -0.0215 e. The Morgan fingerprint density at radius 1 is 1.00 bits per heavy atom. The molecule has 0 nitrogen and oxygen atoms in total. The van der Waals surface area contributed by atoms with E-state index in [2.05, 4.69) is 76.8 Å². The number of rotatable bonds is 4. The van der Waals surface area contributed by atoms with Crippen LogP contribution in [0.1, 0.15) is 74.7 Å². The van der Waals surface area contributed by atoms with Gasteiger partial charge in [0.2, 0.25) is 0 Å². The summed E-state index contributed by atoms with van der Waals surface area (Å²) in [5, 5.41) is 0. The lowest BCUT2D eigenvalue weighted by Crippen LogP contribution is -1.93. The predicted octanol–water partition coefficient (Wildman–Crippen LogP) is 8.11. The zero-order valence-electron chi connectivity index (χ0n) is 17.0. The predicted molar refractivity (Wildman–Crippen MR) is 116 cm³/mol. The standard InChI is InChI=1S/C17H24.2C2H6.CH4S/c1-5-6-7-16(11-8-14(2)3)17-12-9-15(4)10-13-17;3*1-2/h6-9,11-12H,5,10,13H2,1-4H3;2*1-2H3;2H,1H3/b7-6?,16-11+;;;. The van der Waals surface area contributed by atoms with Gasteiger partial charge in [-0.25, -0.2) is 0 Å². The van der Waals surface area contributed by atoms with Crippen LogP contribution in [0.5, 0.6) is 0 Å². The largest absolute Gasteiger partial charge is 0.183 e. The third-order valence-electron chi connectivity index (χ3n) is 2.86. The first-order chi connectivity index (χ1) is 11.1. The van der Waals surface area contributed by atoms with E-state index in [-0.39, 0.29) is 0 Å². The fourth-order valence-corrected chi connectivity index (χ4v) is 1.75. The first-order valence-corrected chi connectivity index (χ1v) is 9.86. The molecule has 0 bridgehead atoms. The van der Waals surface area contributed by atoms with Gasteiger partial charge in [-0.2, -0.15) is 12.6 Å². The molecular weight excluding hydrogens is 296 g/mol. The summed E-state index contributed by atoms with van der Waals surface area (Å²) in [5.74, 6) is 0. The van der Waals surface area contributed by atoms with E-state index in [1.807, 2.05) is 27.7 Å². The summed E-state index contributed by atoms with van der Waals surface area (Å²) in [5.41, 5.74) is 5.64. The van der Waals surface area contributed by atoms with Gasteiger partial charge in [-0.15, -0.1) is 0 Å². The Morgan fingerprint density at radius 3 is 1.96 bits per heavy atom. The summed E-state index contributed by atoms with van der Waals surface area (Å²) in [6, 6.07) is 0. The van der Waals surface area contributed by atoms with Crippen LogP contribution < -0.4 is 0 Å². The van der Waals surface area contributed by atoms with E-state index in [0.29, 0.717) is 0 Å². The normalized spacial score (nSPS) is 13.2. The smallest absolute Gasteiger partial charge is 0.0215 e. The second kappa shape index (κ2) is 21.0. The van der Waals surface area contributed by atoms with Crippen LogP contribution in [-0.4, -0.2) is 6.26 Å². The van der Waals surface area contributed by atoms with Crippen LogP contribution in [0.15, 0.2) is 58.7 Å². The van der Waals surface area contributed by atoms with Crippen molar-refractivity contribution >= 4 is 12.6 Å². The van der Waals surface area contributed by atoms with E-state index in [1.54, 1.807) is 6.26 Å². The van der Waals surface area contributed by atoms with Crippen molar-refractivity contribution < 1.29 is 0 Å². The van der Waals surface area contributed by atoms with Crippen LogP contribution in [-0.2, 0) is 0 Å². The summed E-state index contributed by atoms with van der Waals surface area (Å²) < 4.78 is 0. The Labute approximate surface area is 152 Å². The van der Waals surface area contributed by atoms with Gasteiger partial charge >= 0.3 is 0 Å². The van der Waals surface area contributed by atoms with E-state index in [4.69, 9.17) is 0 Å². The Kier molecular flexibility index (Phi) is 24.6. The Morgan fingerprint density at radius 2 is 1.57 bits per heavy atom. The minimum absolute atomic E-state index is 1.09. The molecule has 0 saturated heterocycles. The average molecular weight is 337 g/mol. The van der Waals surface area contributed by atoms with E-state index in [0.717, 1.165) is 6.42 Å². The highest BCUT2D eigenvalue weighted by atomic mass is 32.1. The zero-order chi connectivity index (χ0) is 18.7. The second-order valence-corrected chi connectivity index (χ2v) is 4.88. The molecule has 0 amide bonds. The second-order valence-electron chi connectivity index (χ2n) is 4.88. The molecule has 0 atom stereocenters. The molecule has 23 heavy (non-hydrogen) atoms. The van der Waals surface area contributed by atoms with Crippen molar-refractivity contribution in [1.82, 2.24) is 0 Å². The lowest BCUT2D eigenvalue weighted by molar-refractivity contribution is 0.918. The van der Waals surface area contributed by atoms with Gasteiger partial charge in [-0.05, 0) is 57.4 Å². The van der Waals surface area contributed by atoms with Gasteiger partial charge < -0.3 is 0 Å². The van der Waals surface area contributed by atoms with E-state index < -0.39 is 0 Å². The molecule has 0 aromatic rings. The van der Waals surface area contributed by atoms with Crippen molar-refractivity contribution in [3.8, 4) is 0 Å². The molecule has 0 spiro atoms. The van der Waals surface area contributed by atoms with Gasteiger partial charge in [0.15, 0.2) is 0 Å². The molecule has 1 heteroatoms. The number of hydrogen-bond acceptors (Lipinski definition) is 1. The molecule has 0 aromatic heterocycles. The van der Waals surface area contributed by atoms with E-state index in [9.17, 15) is 0 Å². The van der Waals surface area contributed by atoms with Crippen LogP contribution in [0.2, 0.25) is 0 Å². The highest BCUT2D eigenvalue weighted by Gasteiger charge is 2.05. The molecule has 0 radical (unpaired) electrons. The first kappa shape index (κ1) is 26.9. The Hall–Kier alpha value is -0.950. The minimum Gasteiger partial charge on any atom is -0.183 e. The maximum absolute atomic E-state index is 3.53. The SMILES string of the molecule is CC.CC.CCC=C/C(=C\C=C(C)C)C1=CC=C(C)CC1.CS. The molecule has 0 heterocycles. The van der Waals surface area contributed by atoms with Crippen molar-refractivity contribution in [1.29, 1.82) is 0 Å². The highest BCUT2D eigenvalue weighted by molar-refractivity contribution is 7.79. The third kappa shape index (κ3) is 15.7. The molecule has 134 valence electrons. The molecule has 1 rings (SSSR count). The lowest BCUT2D eigenvalue weighted by Gasteiger charge is -2.13. The van der Waals surface area contributed by atoms with Crippen LogP contribution in [0.3, 0.4) is 0 Å². The maximum atomic E-state index is 3.53. The van der Waals surface area contributed by atoms with Gasteiger partial charge in [0, 0.05) is 0 Å². The fraction of sp³-hybridized carbons (Fsp3) is 0.545. The number of thiol groups is 1. The number of hydrogen-bond donors (Lipinski definition) is 1. The molecule has 1 aliphatic carbocycles. The van der Waals surface area contributed by atoms with Crippen molar-refractivity contribution in [2.45, 2.75) is 74.7 Å². The lowest BCUT2D eigenvalue weighted by atomic mass is 9.93. The van der Waals surface area contributed by atoms with Gasteiger partial charge in [-0.3, -0.25) is 0 Å². The fourth-order valence-electron chi connectivity index (χ4n) is 1.75. The van der Waals surface area contributed by atoms with Crippen molar-refractivity contribution in [3.63, 3.8) is 0 Å². The van der Waals surface area contributed by atoms with Gasteiger partial charge in [0.25, 0.3) is 0 Å². The van der Waals surface area contributed by atoms with Crippen molar-refractivity contribution in [3.05, 3.63) is 58.7 Å². The van der Waals surface area contributed by atoms with Gasteiger partial charge in [-0.1, -0.05) is 82.2 Å². The highest BCUT2D eigenvalue weighted by Crippen LogP contribution is 2.25. The van der Waals surface area contributed by atoms with Crippen molar-refractivity contribution in [2.75, 3.05) is 6.26 Å². The molecule has 0 unspecified atom stereocenters. The minimum atomic E-state index is 1.09. The monoisotopic (exact) mass is 336 g/mol. The van der Waals surface area contributed by atoms with Gasteiger partial charge in [0.05, 0.1) is 0 Å². The van der Waals surface area contributed by atoms with Crippen LogP contribution in [0.25, 0.3) is 0 Å². The summed E-state index contributed by atoms with van der Waals surface area (Å²) in [7, 11) is 0. The summed E-state index contributed by atoms with van der Waals surface area (Å²) >= 11 is 3.53. The van der Waals surface area contributed by atoms with E-state index >= 15 is 0 Å². The average Bonchev–Trinajstić information content (AvgIpc) is 2.61. The topological polar surface area (TPSA) is 0 Å². The Bertz CT molecular complexity index is 400. The van der Waals surface area contributed by atoms with Crippen molar-refractivity contribution in [2.24, 2.45) is 0 Å². The first-order valence-electron chi connectivity index (χ1n) is 8.96. The van der Waals surface area contributed by atoms with E-state index in [1.165, 1.54) is 35.1 Å². The van der Waals surface area contributed by atoms with Gasteiger partial charge in [0.1, 0.15) is 0 Å². The molecule has 0 saturated carbocycles. The van der Waals surface area contributed by atoms with Crippen LogP contribution in [0, 0.1) is 0 Å². The zero-order valence-corrected chi connectivity index (χ0v) is 17.9. The molecular formula is C22H40S. The molecule has 0 aromatic carbocycles. The summed E-state index contributed by atoms with van der Waals surface area (Å²) in [4.78, 5) is 0. The summed E-state index contributed by atoms with van der Waals surface area (Å²) in [6.07, 6.45) is 18.6.